The van der Waals surface area contributed by atoms with Gasteiger partial charge in [0.15, 0.2) is 11.6 Å². The van der Waals surface area contributed by atoms with Crippen molar-refractivity contribution in [2.75, 3.05) is 7.11 Å². The molecule has 0 amide bonds. The molecule has 6 heterocycles. The van der Waals surface area contributed by atoms with Gasteiger partial charge in [-0.05, 0) is 23.8 Å². The van der Waals surface area contributed by atoms with Gasteiger partial charge in [0, 0.05) is 116 Å². The maximum absolute atomic E-state index is 8.97. The Morgan fingerprint density at radius 3 is 1.52 bits per heavy atom. The molecule has 0 radical (unpaired) electrons. The van der Waals surface area contributed by atoms with Crippen LogP contribution in [0.15, 0.2) is 98.9 Å². The first-order valence-electron chi connectivity index (χ1n) is 12.3. The number of hydrogen-bond donors (Lipinski definition) is 1. The number of hydrogen-bond acceptors (Lipinski definition) is 8. The normalized spacial score (nSPS) is 9.38. The van der Waals surface area contributed by atoms with Gasteiger partial charge >= 0.3 is 0 Å². The van der Waals surface area contributed by atoms with Gasteiger partial charge in [-0.25, -0.2) is 19.9 Å². The molecule has 13 heteroatoms. The molecular weight excluding hydrogens is 711 g/mol. The average molecular weight is 749 g/mol. The number of pyridine rings is 2. The Bertz CT molecular complexity index is 1410. The summed E-state index contributed by atoms with van der Waals surface area (Å²) in [7, 11) is 9.36. The van der Waals surface area contributed by atoms with Crippen LogP contribution >= 0.6 is 0 Å². The molecule has 0 fully saturated rings. The number of nitrogens with zero attached hydrogens (tertiary/aromatic N) is 10. The van der Waals surface area contributed by atoms with Gasteiger partial charge in [0.1, 0.15) is 17.1 Å². The van der Waals surface area contributed by atoms with Crippen molar-refractivity contribution in [1.29, 1.82) is 0 Å². The second-order valence-corrected chi connectivity index (χ2v) is 8.47. The molecule has 1 N–H and O–H groups in total. The van der Waals surface area contributed by atoms with E-state index >= 15 is 0 Å². The van der Waals surface area contributed by atoms with E-state index < -0.39 is 0 Å². The molecule has 12 nitrogen and oxygen atoms in total. The minimum atomic E-state index is 0. The van der Waals surface area contributed by atoms with Crippen molar-refractivity contribution in [1.82, 2.24) is 48.2 Å². The van der Waals surface area contributed by atoms with Crippen LogP contribution in [0.1, 0.15) is 13.0 Å². The van der Waals surface area contributed by atoms with Gasteiger partial charge in [0.2, 0.25) is 0 Å². The fraction of sp³-hybridized carbons (Fsp3) is 0.241. The molecule has 0 spiro atoms. The van der Waals surface area contributed by atoms with E-state index in [1.165, 1.54) is 0 Å². The Labute approximate surface area is 259 Å². The standard InChI is InChI=1S/2C10H11N3O.2C4H6N2.CH4.Os/c1-13-6-5-12-10(13)9-7-8(14-2)3-4-11-9;1-13-5-4-12-10(13)9-6-8(7-14)2-3-11-9;2*1-6-3-2-5-4-6;;/h3-7H,1-2H3;2-6,14H,7H2,1H3;2*2-4H,1H3;1H4;. The Hall–Kier alpha value is -4.46. The Kier molecular flexibility index (Phi) is 15.9. The van der Waals surface area contributed by atoms with E-state index in [0.717, 1.165) is 34.3 Å². The topological polar surface area (TPSA) is 127 Å². The number of methoxy groups -OCH3 is 1. The smallest absolute Gasteiger partial charge is 0.158 e. The van der Waals surface area contributed by atoms with E-state index in [1.807, 2.05) is 89.4 Å². The van der Waals surface area contributed by atoms with Gasteiger partial charge in [-0.2, -0.15) is 0 Å². The number of aliphatic hydroxyl groups is 1. The quantitative estimate of drug-likeness (QED) is 0.288. The van der Waals surface area contributed by atoms with Crippen molar-refractivity contribution in [3.8, 4) is 28.8 Å². The van der Waals surface area contributed by atoms with Crippen molar-refractivity contribution in [2.24, 2.45) is 28.2 Å². The van der Waals surface area contributed by atoms with Crippen molar-refractivity contribution < 1.29 is 29.6 Å². The van der Waals surface area contributed by atoms with Crippen LogP contribution in [0.3, 0.4) is 0 Å². The second-order valence-electron chi connectivity index (χ2n) is 8.47. The zero-order valence-corrected chi connectivity index (χ0v) is 26.2. The molecule has 0 bridgehead atoms. The summed E-state index contributed by atoms with van der Waals surface area (Å²) in [6.45, 7) is 0.0277. The third-order valence-electron chi connectivity index (χ3n) is 5.35. The number of imidazole rings is 4. The van der Waals surface area contributed by atoms with Gasteiger partial charge in [0.05, 0.1) is 26.4 Å². The number of aromatic nitrogens is 10. The molecule has 0 saturated heterocycles. The second kappa shape index (κ2) is 18.8. The van der Waals surface area contributed by atoms with Crippen LogP contribution in [0.5, 0.6) is 5.75 Å². The molecule has 0 unspecified atom stereocenters. The van der Waals surface area contributed by atoms with Crippen LogP contribution in [-0.4, -0.2) is 60.4 Å². The summed E-state index contributed by atoms with van der Waals surface area (Å²) in [4.78, 5) is 24.4. The molecule has 0 aromatic carbocycles. The van der Waals surface area contributed by atoms with Crippen LogP contribution in [0.25, 0.3) is 23.0 Å². The minimum absolute atomic E-state index is 0. The molecule has 0 aliphatic carbocycles. The Balaban J connectivity index is 0.000000295. The first kappa shape index (κ1) is 35.6. The minimum Gasteiger partial charge on any atom is -0.497 e. The summed E-state index contributed by atoms with van der Waals surface area (Å²) in [5.41, 5.74) is 2.44. The summed E-state index contributed by atoms with van der Waals surface area (Å²) in [6, 6.07) is 7.30. The molecule has 0 aliphatic heterocycles. The number of aryl methyl sites for hydroxylation is 4. The van der Waals surface area contributed by atoms with Crippen molar-refractivity contribution in [3.05, 3.63) is 104 Å². The maximum Gasteiger partial charge on any atom is 0.158 e. The summed E-state index contributed by atoms with van der Waals surface area (Å²) in [6.07, 6.45) is 21.4. The molecule has 6 aromatic rings. The van der Waals surface area contributed by atoms with Gasteiger partial charge in [0.25, 0.3) is 0 Å². The summed E-state index contributed by atoms with van der Waals surface area (Å²) in [5, 5.41) is 8.97. The van der Waals surface area contributed by atoms with E-state index in [9.17, 15) is 0 Å². The van der Waals surface area contributed by atoms with Crippen LogP contribution < -0.4 is 4.74 Å². The van der Waals surface area contributed by atoms with Crippen LogP contribution in [0.2, 0.25) is 0 Å². The van der Waals surface area contributed by atoms with Crippen molar-refractivity contribution in [3.63, 3.8) is 0 Å². The third-order valence-corrected chi connectivity index (χ3v) is 5.35. The Morgan fingerprint density at radius 2 is 1.17 bits per heavy atom. The van der Waals surface area contributed by atoms with E-state index in [-0.39, 0.29) is 33.8 Å². The number of ether oxygens (including phenoxy) is 1. The SMILES string of the molecule is C.COc1ccnc(-c2nccn2C)c1.Cn1ccnc1.Cn1ccnc1.Cn1ccnc1-c1cc(CO)ccn1.[Os]. The van der Waals surface area contributed by atoms with Crippen molar-refractivity contribution >= 4 is 0 Å². The monoisotopic (exact) mass is 750 g/mol. The third kappa shape index (κ3) is 11.2. The molecule has 6 aromatic heterocycles. The largest absolute Gasteiger partial charge is 0.497 e. The van der Waals surface area contributed by atoms with Crippen LogP contribution in [0.4, 0.5) is 0 Å². The molecule has 0 saturated carbocycles. The first-order valence-corrected chi connectivity index (χ1v) is 12.3. The molecule has 0 atom stereocenters. The maximum atomic E-state index is 8.97. The van der Waals surface area contributed by atoms with Gasteiger partial charge in [-0.3, -0.25) is 9.97 Å². The predicted molar refractivity (Wildman–Crippen MR) is 158 cm³/mol. The summed E-state index contributed by atoms with van der Waals surface area (Å²) in [5.74, 6) is 2.43. The van der Waals surface area contributed by atoms with Crippen LogP contribution in [-0.2, 0) is 54.6 Å². The molecule has 224 valence electrons. The van der Waals surface area contributed by atoms with Gasteiger partial charge in [-0.15, -0.1) is 0 Å². The average Bonchev–Trinajstić information content (AvgIpc) is 3.81. The van der Waals surface area contributed by atoms with Crippen molar-refractivity contribution in [2.45, 2.75) is 14.0 Å². The van der Waals surface area contributed by atoms with Gasteiger partial charge in [-0.1, -0.05) is 7.43 Å². The zero-order valence-electron chi connectivity index (χ0n) is 23.6. The molecular formula is C29H38N10O2Os. The first-order chi connectivity index (χ1) is 19.4. The van der Waals surface area contributed by atoms with E-state index in [1.54, 1.807) is 63.0 Å². The van der Waals surface area contributed by atoms with Gasteiger partial charge < -0.3 is 28.1 Å². The molecule has 6 rings (SSSR count). The van der Waals surface area contributed by atoms with E-state index in [0.29, 0.717) is 0 Å². The summed E-state index contributed by atoms with van der Waals surface area (Å²) >= 11 is 0. The van der Waals surface area contributed by atoms with Crippen LogP contribution in [0, 0.1) is 0 Å². The Morgan fingerprint density at radius 1 is 0.667 bits per heavy atom. The fourth-order valence-electron chi connectivity index (χ4n) is 3.23. The van der Waals surface area contributed by atoms with E-state index in [2.05, 4.69) is 29.9 Å². The predicted octanol–water partition coefficient (Wildman–Crippen LogP) is 3.94. The number of aliphatic hydroxyl groups excluding tert-OH is 1. The summed E-state index contributed by atoms with van der Waals surface area (Å²) < 4.78 is 12.7. The molecule has 0 aliphatic rings. The fourth-order valence-corrected chi connectivity index (χ4v) is 3.23. The van der Waals surface area contributed by atoms with E-state index in [4.69, 9.17) is 9.84 Å². The number of rotatable bonds is 4. The zero-order chi connectivity index (χ0) is 28.7. The molecule has 42 heavy (non-hydrogen) atoms.